The smallest absolute Gasteiger partial charge is 0.418 e. The van der Waals surface area contributed by atoms with E-state index in [0.29, 0.717) is 11.6 Å². The molecule has 0 atom stereocenters. The molecule has 0 bridgehead atoms. The molecule has 0 amide bonds. The molecule has 18 heavy (non-hydrogen) atoms. The topological polar surface area (TPSA) is 31.2 Å². The van der Waals surface area contributed by atoms with Crippen molar-refractivity contribution in [2.75, 3.05) is 6.61 Å². The van der Waals surface area contributed by atoms with E-state index in [2.05, 4.69) is 6.92 Å². The lowest BCUT2D eigenvalue weighted by molar-refractivity contribution is 0.147. The SMILES string of the molecule is CCCCOC(=O)n1ccc2c(Cl)c(C)ccc21. The maximum absolute atomic E-state index is 11.9. The third-order valence-electron chi connectivity index (χ3n) is 2.92. The highest BCUT2D eigenvalue weighted by atomic mass is 35.5. The zero-order chi connectivity index (χ0) is 13.1. The summed E-state index contributed by atoms with van der Waals surface area (Å²) in [6.07, 6.45) is 3.23. The van der Waals surface area contributed by atoms with Gasteiger partial charge < -0.3 is 4.74 Å². The number of nitrogens with zero attached hydrogens (tertiary/aromatic N) is 1. The van der Waals surface area contributed by atoms with Gasteiger partial charge in [0.05, 0.1) is 17.1 Å². The molecule has 0 saturated carbocycles. The average molecular weight is 266 g/mol. The highest BCUT2D eigenvalue weighted by Gasteiger charge is 2.12. The minimum Gasteiger partial charge on any atom is -0.449 e. The van der Waals surface area contributed by atoms with Crippen LogP contribution in [0.3, 0.4) is 0 Å². The van der Waals surface area contributed by atoms with Crippen LogP contribution in [0.1, 0.15) is 25.3 Å². The molecule has 0 aliphatic rings. The highest BCUT2D eigenvalue weighted by Crippen LogP contribution is 2.27. The van der Waals surface area contributed by atoms with Crippen LogP contribution in [0.2, 0.25) is 5.02 Å². The second-order valence-electron chi connectivity index (χ2n) is 4.28. The summed E-state index contributed by atoms with van der Waals surface area (Å²) in [6, 6.07) is 5.63. The Morgan fingerprint density at radius 3 is 2.89 bits per heavy atom. The summed E-state index contributed by atoms with van der Waals surface area (Å²) in [6.45, 7) is 4.45. The molecule has 1 aromatic carbocycles. The molecule has 3 nitrogen and oxygen atoms in total. The number of hydrogen-bond donors (Lipinski definition) is 0. The first-order valence-corrected chi connectivity index (χ1v) is 6.46. The molecule has 4 heteroatoms. The van der Waals surface area contributed by atoms with Gasteiger partial charge in [-0.25, -0.2) is 4.79 Å². The van der Waals surface area contributed by atoms with Gasteiger partial charge in [0.25, 0.3) is 0 Å². The summed E-state index contributed by atoms with van der Waals surface area (Å²) in [5.41, 5.74) is 1.79. The van der Waals surface area contributed by atoms with Gasteiger partial charge in [0.15, 0.2) is 0 Å². The molecule has 1 aromatic heterocycles. The molecule has 0 fully saturated rings. The van der Waals surface area contributed by atoms with Gasteiger partial charge in [0, 0.05) is 11.6 Å². The van der Waals surface area contributed by atoms with Gasteiger partial charge in [-0.05, 0) is 31.0 Å². The molecule has 0 radical (unpaired) electrons. The Morgan fingerprint density at radius 1 is 1.39 bits per heavy atom. The predicted octanol–water partition coefficient (Wildman–Crippen LogP) is 4.39. The predicted molar refractivity (Wildman–Crippen MR) is 73.3 cm³/mol. The van der Waals surface area contributed by atoms with E-state index >= 15 is 0 Å². The van der Waals surface area contributed by atoms with Crippen molar-refractivity contribution in [3.8, 4) is 0 Å². The monoisotopic (exact) mass is 265 g/mol. The molecule has 0 aliphatic carbocycles. The lowest BCUT2D eigenvalue weighted by Crippen LogP contribution is -2.13. The normalized spacial score (nSPS) is 10.8. The molecule has 0 N–H and O–H groups in total. The first kappa shape index (κ1) is 13.0. The van der Waals surface area contributed by atoms with Crippen molar-refractivity contribution in [3.05, 3.63) is 35.0 Å². The third-order valence-corrected chi connectivity index (χ3v) is 3.42. The van der Waals surface area contributed by atoms with Crippen LogP contribution in [0, 0.1) is 6.92 Å². The summed E-state index contributed by atoms with van der Waals surface area (Å²) >= 11 is 6.21. The van der Waals surface area contributed by atoms with Gasteiger partial charge in [-0.2, -0.15) is 0 Å². The number of aryl methyl sites for hydroxylation is 1. The Hall–Kier alpha value is -1.48. The van der Waals surface area contributed by atoms with Gasteiger partial charge in [-0.15, -0.1) is 0 Å². The first-order valence-electron chi connectivity index (χ1n) is 6.08. The summed E-state index contributed by atoms with van der Waals surface area (Å²) in [5, 5.41) is 1.57. The van der Waals surface area contributed by atoms with E-state index in [1.165, 1.54) is 4.57 Å². The van der Waals surface area contributed by atoms with Crippen LogP contribution in [0.4, 0.5) is 4.79 Å². The van der Waals surface area contributed by atoms with Gasteiger partial charge in [0.2, 0.25) is 0 Å². The number of unbranched alkanes of at least 4 members (excludes halogenated alkanes) is 1. The molecule has 1 heterocycles. The number of aromatic nitrogens is 1. The first-order chi connectivity index (χ1) is 8.65. The van der Waals surface area contributed by atoms with Crippen molar-refractivity contribution in [1.29, 1.82) is 0 Å². The number of carbonyl (C=O) groups excluding carboxylic acids is 1. The summed E-state index contributed by atoms with van der Waals surface area (Å²) < 4.78 is 6.68. The van der Waals surface area contributed by atoms with E-state index in [1.807, 2.05) is 25.1 Å². The Balaban J connectivity index is 2.29. The van der Waals surface area contributed by atoms with Gasteiger partial charge >= 0.3 is 6.09 Å². The zero-order valence-corrected chi connectivity index (χ0v) is 11.3. The lowest BCUT2D eigenvalue weighted by atomic mass is 10.2. The number of rotatable bonds is 3. The van der Waals surface area contributed by atoms with E-state index in [0.717, 1.165) is 29.3 Å². The fraction of sp³-hybridized carbons (Fsp3) is 0.357. The standard InChI is InChI=1S/C14H16ClNO2/c1-3-4-9-18-14(17)16-8-7-11-12(16)6-5-10(2)13(11)15/h5-8H,3-4,9H2,1-2H3. The van der Waals surface area contributed by atoms with Crippen LogP contribution in [-0.2, 0) is 4.74 Å². The Labute approximate surface area is 111 Å². The number of carbonyl (C=O) groups is 1. The largest absolute Gasteiger partial charge is 0.449 e. The number of halogens is 1. The van der Waals surface area contributed by atoms with Crippen LogP contribution >= 0.6 is 11.6 Å². The molecule has 96 valence electrons. The Bertz CT molecular complexity index is 574. The van der Waals surface area contributed by atoms with Crippen LogP contribution in [0.25, 0.3) is 10.9 Å². The highest BCUT2D eigenvalue weighted by molar-refractivity contribution is 6.36. The van der Waals surface area contributed by atoms with Crippen LogP contribution in [0.5, 0.6) is 0 Å². The molecular weight excluding hydrogens is 250 g/mol. The maximum atomic E-state index is 11.9. The fourth-order valence-electron chi connectivity index (χ4n) is 1.82. The molecule has 0 spiro atoms. The van der Waals surface area contributed by atoms with E-state index < -0.39 is 0 Å². The number of fused-ring (bicyclic) bond motifs is 1. The number of ether oxygens (including phenoxy) is 1. The van der Waals surface area contributed by atoms with E-state index in [9.17, 15) is 4.79 Å². The second-order valence-corrected chi connectivity index (χ2v) is 4.66. The van der Waals surface area contributed by atoms with Gasteiger partial charge in [0.1, 0.15) is 0 Å². The van der Waals surface area contributed by atoms with Crippen molar-refractivity contribution >= 4 is 28.6 Å². The summed E-state index contributed by atoms with van der Waals surface area (Å²) in [4.78, 5) is 11.9. The number of benzene rings is 1. The quantitative estimate of drug-likeness (QED) is 0.771. The van der Waals surface area contributed by atoms with Gasteiger partial charge in [-0.3, -0.25) is 4.57 Å². The Kier molecular flexibility index (Phi) is 3.92. The maximum Gasteiger partial charge on any atom is 0.418 e. The van der Waals surface area contributed by atoms with E-state index in [-0.39, 0.29) is 6.09 Å². The van der Waals surface area contributed by atoms with Crippen molar-refractivity contribution in [2.24, 2.45) is 0 Å². The van der Waals surface area contributed by atoms with Crippen molar-refractivity contribution in [1.82, 2.24) is 4.57 Å². The van der Waals surface area contributed by atoms with E-state index in [4.69, 9.17) is 16.3 Å². The lowest BCUT2D eigenvalue weighted by Gasteiger charge is -2.06. The van der Waals surface area contributed by atoms with Crippen LogP contribution in [-0.4, -0.2) is 17.3 Å². The van der Waals surface area contributed by atoms with Crippen LogP contribution < -0.4 is 0 Å². The minimum absolute atomic E-state index is 0.349. The zero-order valence-electron chi connectivity index (χ0n) is 10.6. The molecule has 0 aliphatic heterocycles. The average Bonchev–Trinajstić information content (AvgIpc) is 2.78. The molecule has 0 saturated heterocycles. The minimum atomic E-state index is -0.349. The van der Waals surface area contributed by atoms with Crippen molar-refractivity contribution < 1.29 is 9.53 Å². The fourth-order valence-corrected chi connectivity index (χ4v) is 2.05. The van der Waals surface area contributed by atoms with E-state index in [1.54, 1.807) is 6.20 Å². The molecule has 2 rings (SSSR count). The van der Waals surface area contributed by atoms with Crippen molar-refractivity contribution in [2.45, 2.75) is 26.7 Å². The Morgan fingerprint density at radius 2 is 2.17 bits per heavy atom. The van der Waals surface area contributed by atoms with Crippen molar-refractivity contribution in [3.63, 3.8) is 0 Å². The van der Waals surface area contributed by atoms with Crippen LogP contribution in [0.15, 0.2) is 24.4 Å². The molecule has 2 aromatic rings. The third kappa shape index (κ3) is 2.36. The number of hydrogen-bond acceptors (Lipinski definition) is 2. The summed E-state index contributed by atoms with van der Waals surface area (Å²) in [7, 11) is 0. The molecule has 0 unspecified atom stereocenters. The summed E-state index contributed by atoms with van der Waals surface area (Å²) in [5.74, 6) is 0. The second kappa shape index (κ2) is 5.44. The molecular formula is C14H16ClNO2. The van der Waals surface area contributed by atoms with Gasteiger partial charge in [-0.1, -0.05) is 31.0 Å².